The van der Waals surface area contributed by atoms with Gasteiger partial charge in [0, 0.05) is 45.9 Å². The molecule has 0 aromatic carbocycles. The second kappa shape index (κ2) is 48.8. The third-order valence-electron chi connectivity index (χ3n) is 13.7. The average molecular weight is 921 g/mol. The number of hydrogen-bond donors (Lipinski definition) is 0. The van der Waals surface area contributed by atoms with Gasteiger partial charge in [0.2, 0.25) is 5.91 Å². The molecule has 2 atom stereocenters. The molecule has 0 heterocycles. The highest BCUT2D eigenvalue weighted by Crippen LogP contribution is 2.22. The molecule has 65 heavy (non-hydrogen) atoms. The van der Waals surface area contributed by atoms with Crippen LogP contribution in [-0.2, 0) is 23.9 Å². The number of likely N-dealkylation sites (N-methyl/N-ethyl adjacent to an activating group) is 1. The summed E-state index contributed by atoms with van der Waals surface area (Å²) >= 11 is 0. The zero-order valence-electron chi connectivity index (χ0n) is 44.9. The first-order chi connectivity index (χ1) is 31.7. The summed E-state index contributed by atoms with van der Waals surface area (Å²) in [6, 6.07) is 0. The van der Waals surface area contributed by atoms with Gasteiger partial charge in [-0.15, -0.1) is 0 Å². The lowest BCUT2D eigenvalue weighted by Crippen LogP contribution is -2.35. The Balaban J connectivity index is 4.90. The number of rotatable bonds is 51. The van der Waals surface area contributed by atoms with Gasteiger partial charge in [0.25, 0.3) is 0 Å². The van der Waals surface area contributed by atoms with Crippen LogP contribution >= 0.6 is 0 Å². The van der Waals surface area contributed by atoms with Crippen molar-refractivity contribution in [1.82, 2.24) is 14.7 Å². The molecule has 0 spiro atoms. The molecule has 0 fully saturated rings. The standard InChI is InChI=1S/C57H113N3O5/c1-8-13-17-21-23-30-40-53(38-28-19-15-10-3)51-64-56(62)43-33-26-36-47-60(50-49-58(6)46-35-25-32-42-55(61)59(7)45-12-5)48-37-27-34-44-57(63)65-52-54(39-29-20-16-11-4)41-31-24-22-18-14-9-2/h53-54H,8-52H2,1-7H3. The van der Waals surface area contributed by atoms with Crippen molar-refractivity contribution in [2.45, 2.75) is 272 Å². The lowest BCUT2D eigenvalue weighted by atomic mass is 9.95. The summed E-state index contributed by atoms with van der Waals surface area (Å²) in [5.74, 6) is 1.27. The van der Waals surface area contributed by atoms with Crippen molar-refractivity contribution >= 4 is 17.8 Å². The number of nitrogens with zero attached hydrogens (tertiary/aromatic N) is 3. The molecule has 0 aliphatic carbocycles. The smallest absolute Gasteiger partial charge is 0.305 e. The van der Waals surface area contributed by atoms with E-state index < -0.39 is 0 Å². The second-order valence-corrected chi connectivity index (χ2v) is 20.3. The van der Waals surface area contributed by atoms with Crippen LogP contribution < -0.4 is 0 Å². The Hall–Kier alpha value is -1.67. The Morgan fingerprint density at radius 3 is 1.12 bits per heavy atom. The lowest BCUT2D eigenvalue weighted by Gasteiger charge is -2.26. The zero-order chi connectivity index (χ0) is 47.9. The number of hydrogen-bond acceptors (Lipinski definition) is 7. The van der Waals surface area contributed by atoms with Crippen LogP contribution in [0.25, 0.3) is 0 Å². The molecule has 0 N–H and O–H groups in total. The fourth-order valence-corrected chi connectivity index (χ4v) is 9.14. The largest absolute Gasteiger partial charge is 0.465 e. The number of amides is 1. The van der Waals surface area contributed by atoms with Crippen LogP contribution in [0.15, 0.2) is 0 Å². The van der Waals surface area contributed by atoms with Crippen LogP contribution in [-0.4, -0.2) is 99.1 Å². The van der Waals surface area contributed by atoms with E-state index in [4.69, 9.17) is 9.47 Å². The summed E-state index contributed by atoms with van der Waals surface area (Å²) in [7, 11) is 4.14. The molecule has 0 rings (SSSR count). The van der Waals surface area contributed by atoms with Gasteiger partial charge >= 0.3 is 11.9 Å². The third-order valence-corrected chi connectivity index (χ3v) is 13.7. The molecule has 0 aromatic rings. The quantitative estimate of drug-likeness (QED) is 0.0444. The Morgan fingerprint density at radius 1 is 0.354 bits per heavy atom. The Labute approximate surface area is 405 Å². The van der Waals surface area contributed by atoms with E-state index >= 15 is 0 Å². The maximum Gasteiger partial charge on any atom is 0.305 e. The molecular weight excluding hydrogens is 807 g/mol. The number of carbonyl (C=O) groups is 3. The highest BCUT2D eigenvalue weighted by molar-refractivity contribution is 5.75. The molecule has 2 unspecified atom stereocenters. The van der Waals surface area contributed by atoms with E-state index in [9.17, 15) is 14.4 Å². The maximum absolute atomic E-state index is 12.8. The van der Waals surface area contributed by atoms with Gasteiger partial charge in [0.15, 0.2) is 0 Å². The maximum atomic E-state index is 12.8. The Bertz CT molecular complexity index is 984. The second-order valence-electron chi connectivity index (χ2n) is 20.3. The van der Waals surface area contributed by atoms with Crippen molar-refractivity contribution in [2.75, 3.05) is 66.6 Å². The summed E-state index contributed by atoms with van der Waals surface area (Å²) in [6.07, 6.45) is 42.6. The van der Waals surface area contributed by atoms with E-state index in [0.717, 1.165) is 103 Å². The fourth-order valence-electron chi connectivity index (χ4n) is 9.14. The molecule has 0 bridgehead atoms. The van der Waals surface area contributed by atoms with Crippen molar-refractivity contribution in [3.8, 4) is 0 Å². The number of unbranched alkanes of at least 4 members (excludes halogenated alkanes) is 22. The van der Waals surface area contributed by atoms with Crippen LogP contribution in [0, 0.1) is 11.8 Å². The van der Waals surface area contributed by atoms with E-state index in [-0.39, 0.29) is 17.8 Å². The van der Waals surface area contributed by atoms with Crippen molar-refractivity contribution in [1.29, 1.82) is 0 Å². The molecule has 0 radical (unpaired) electrons. The first-order valence-corrected chi connectivity index (χ1v) is 28.7. The summed E-state index contributed by atoms with van der Waals surface area (Å²) in [5.41, 5.74) is 0. The van der Waals surface area contributed by atoms with Gasteiger partial charge in [0.05, 0.1) is 13.2 Å². The molecule has 0 aliphatic rings. The highest BCUT2D eigenvalue weighted by Gasteiger charge is 2.15. The average Bonchev–Trinajstić information content (AvgIpc) is 3.30. The van der Waals surface area contributed by atoms with E-state index in [2.05, 4.69) is 51.5 Å². The molecular formula is C57H113N3O5. The van der Waals surface area contributed by atoms with Crippen LogP contribution in [0.2, 0.25) is 0 Å². The van der Waals surface area contributed by atoms with Gasteiger partial charge in [-0.3, -0.25) is 14.4 Å². The Morgan fingerprint density at radius 2 is 0.708 bits per heavy atom. The van der Waals surface area contributed by atoms with Gasteiger partial charge in [-0.2, -0.15) is 0 Å². The van der Waals surface area contributed by atoms with Gasteiger partial charge < -0.3 is 24.2 Å². The first kappa shape index (κ1) is 63.3. The molecule has 0 saturated carbocycles. The zero-order valence-corrected chi connectivity index (χ0v) is 44.9. The van der Waals surface area contributed by atoms with E-state index in [1.54, 1.807) is 0 Å². The SMILES string of the molecule is CCCCCCCCC(CCCCCC)COC(=O)CCCCCN(CCCCCC(=O)OCC(CCCCCC)CCCCCCCC)CCN(C)CCCCCC(=O)N(C)CCC. The number of esters is 2. The molecule has 386 valence electrons. The van der Waals surface area contributed by atoms with E-state index in [1.165, 1.54) is 154 Å². The summed E-state index contributed by atoms with van der Waals surface area (Å²) in [4.78, 5) is 44.9. The summed E-state index contributed by atoms with van der Waals surface area (Å²) < 4.78 is 11.8. The molecule has 0 saturated heterocycles. The third kappa shape index (κ3) is 43.4. The topological polar surface area (TPSA) is 79.4 Å². The van der Waals surface area contributed by atoms with E-state index in [0.29, 0.717) is 44.3 Å². The molecule has 0 aliphatic heterocycles. The molecule has 8 nitrogen and oxygen atoms in total. The minimum atomic E-state index is -0.0128. The van der Waals surface area contributed by atoms with Crippen LogP contribution in [0.3, 0.4) is 0 Å². The van der Waals surface area contributed by atoms with Gasteiger partial charge in [-0.05, 0) is 109 Å². The number of carbonyl (C=O) groups excluding carboxylic acids is 3. The minimum Gasteiger partial charge on any atom is -0.465 e. The molecule has 1 amide bonds. The van der Waals surface area contributed by atoms with Crippen molar-refractivity contribution in [3.63, 3.8) is 0 Å². The normalized spacial score (nSPS) is 12.6. The molecule has 0 aromatic heterocycles. The van der Waals surface area contributed by atoms with Crippen LogP contribution in [0.4, 0.5) is 0 Å². The first-order valence-electron chi connectivity index (χ1n) is 28.7. The highest BCUT2D eigenvalue weighted by atomic mass is 16.5. The molecule has 8 heteroatoms. The van der Waals surface area contributed by atoms with Crippen LogP contribution in [0.5, 0.6) is 0 Å². The predicted molar refractivity (Wildman–Crippen MR) is 280 cm³/mol. The van der Waals surface area contributed by atoms with Gasteiger partial charge in [-0.1, -0.05) is 182 Å². The van der Waals surface area contributed by atoms with E-state index in [1.807, 2.05) is 11.9 Å². The van der Waals surface area contributed by atoms with Gasteiger partial charge in [-0.25, -0.2) is 0 Å². The Kier molecular flexibility index (Phi) is 47.5. The summed E-state index contributed by atoms with van der Waals surface area (Å²) in [5, 5.41) is 0. The number of ether oxygens (including phenoxy) is 2. The monoisotopic (exact) mass is 920 g/mol. The van der Waals surface area contributed by atoms with Crippen molar-refractivity contribution in [3.05, 3.63) is 0 Å². The fraction of sp³-hybridized carbons (Fsp3) is 0.947. The van der Waals surface area contributed by atoms with Gasteiger partial charge in [0.1, 0.15) is 0 Å². The lowest BCUT2D eigenvalue weighted by molar-refractivity contribution is -0.146. The predicted octanol–water partition coefficient (Wildman–Crippen LogP) is 15.5. The summed E-state index contributed by atoms with van der Waals surface area (Å²) in [6.45, 7) is 18.4. The van der Waals surface area contributed by atoms with Crippen molar-refractivity contribution in [2.24, 2.45) is 11.8 Å². The van der Waals surface area contributed by atoms with Crippen LogP contribution in [0.1, 0.15) is 272 Å². The minimum absolute atomic E-state index is 0.0128. The van der Waals surface area contributed by atoms with Crippen molar-refractivity contribution < 1.29 is 23.9 Å².